The average Bonchev–Trinajstić information content (AvgIpc) is 2.13. The number of anilines is 1. The number of hydrogen-bond acceptors (Lipinski definition) is 2. The number of hydrogen-bond donors (Lipinski definition) is 2. The average molecular weight is 146 g/mol. The van der Waals surface area contributed by atoms with E-state index < -0.39 is 0 Å². The molecule has 0 aliphatic rings. The Balaban J connectivity index is 2.98. The van der Waals surface area contributed by atoms with Gasteiger partial charge in [-0.05, 0) is 0 Å². The number of nitrogens with one attached hydrogen (secondary N) is 1. The van der Waals surface area contributed by atoms with Crippen molar-refractivity contribution >= 4 is 17.4 Å². The van der Waals surface area contributed by atoms with Crippen molar-refractivity contribution in [1.29, 1.82) is 0 Å². The third-order valence-electron chi connectivity index (χ3n) is 1.07. The Morgan fingerprint density at radius 1 is 1.78 bits per heavy atom. The molecule has 0 aliphatic heterocycles. The molecule has 1 aromatic rings. The monoisotopic (exact) mass is 145 g/mol. The van der Waals surface area contributed by atoms with Gasteiger partial charge in [-0.2, -0.15) is 0 Å². The second-order valence-corrected chi connectivity index (χ2v) is 2.11. The van der Waals surface area contributed by atoms with E-state index in [2.05, 4.69) is 9.97 Å². The van der Waals surface area contributed by atoms with Crippen molar-refractivity contribution in [1.82, 2.24) is 9.97 Å². The molecule has 0 unspecified atom stereocenters. The first kappa shape index (κ1) is 6.42. The second-order valence-electron chi connectivity index (χ2n) is 1.74. The number of aromatic amines is 1. The van der Waals surface area contributed by atoms with Gasteiger partial charge < -0.3 is 10.7 Å². The molecule has 1 rings (SSSR count). The largest absolute Gasteiger partial charge is 0.381 e. The van der Waals surface area contributed by atoms with Crippen molar-refractivity contribution in [3.63, 3.8) is 0 Å². The van der Waals surface area contributed by atoms with Crippen LogP contribution in [-0.4, -0.2) is 9.97 Å². The molecule has 50 valence electrons. The van der Waals surface area contributed by atoms with Crippen LogP contribution in [0.15, 0.2) is 0 Å². The molecule has 0 bridgehead atoms. The standard InChI is InChI=1S/C5H8ClN3/c1-2-3-8-4(6)5(7)9-3/h2,7H2,1H3,(H,8,9). The minimum atomic E-state index is 0.383. The third kappa shape index (κ3) is 1.16. The predicted octanol–water partition coefficient (Wildman–Crippen LogP) is 1.21. The Hall–Kier alpha value is -0.700. The van der Waals surface area contributed by atoms with Crippen molar-refractivity contribution in [2.24, 2.45) is 0 Å². The first-order valence-corrected chi connectivity index (χ1v) is 3.11. The summed E-state index contributed by atoms with van der Waals surface area (Å²) in [5, 5.41) is 0.437. The highest BCUT2D eigenvalue weighted by atomic mass is 35.5. The molecule has 4 heteroatoms. The molecular formula is C5H8ClN3. The van der Waals surface area contributed by atoms with Gasteiger partial charge in [-0.25, -0.2) is 4.98 Å². The molecule has 0 atom stereocenters. The fourth-order valence-corrected chi connectivity index (χ4v) is 0.732. The highest BCUT2D eigenvalue weighted by Gasteiger charge is 2.00. The van der Waals surface area contributed by atoms with Crippen LogP contribution in [0.5, 0.6) is 0 Å². The highest BCUT2D eigenvalue weighted by molar-refractivity contribution is 6.31. The number of halogens is 1. The Bertz CT molecular complexity index is 186. The van der Waals surface area contributed by atoms with E-state index in [1.54, 1.807) is 0 Å². The van der Waals surface area contributed by atoms with Gasteiger partial charge in [-0.15, -0.1) is 0 Å². The van der Waals surface area contributed by atoms with E-state index in [-0.39, 0.29) is 0 Å². The summed E-state index contributed by atoms with van der Waals surface area (Å²) in [6.07, 6.45) is 0.830. The topological polar surface area (TPSA) is 54.7 Å². The van der Waals surface area contributed by atoms with Gasteiger partial charge >= 0.3 is 0 Å². The third-order valence-corrected chi connectivity index (χ3v) is 1.36. The minimum absolute atomic E-state index is 0.383. The summed E-state index contributed by atoms with van der Waals surface area (Å²) in [7, 11) is 0. The van der Waals surface area contributed by atoms with Gasteiger partial charge in [-0.3, -0.25) is 0 Å². The summed E-state index contributed by atoms with van der Waals surface area (Å²) in [5.41, 5.74) is 5.34. The van der Waals surface area contributed by atoms with Crippen LogP contribution in [-0.2, 0) is 6.42 Å². The maximum Gasteiger partial charge on any atom is 0.161 e. The zero-order chi connectivity index (χ0) is 6.85. The molecule has 0 saturated heterocycles. The van der Waals surface area contributed by atoms with E-state index in [4.69, 9.17) is 17.3 Å². The molecule has 1 aromatic heterocycles. The van der Waals surface area contributed by atoms with Crippen LogP contribution >= 0.6 is 11.6 Å². The Labute approximate surface area is 58.2 Å². The quantitative estimate of drug-likeness (QED) is 0.624. The number of nitrogens with two attached hydrogens (primary N) is 1. The number of nitrogens with zero attached hydrogens (tertiary/aromatic N) is 1. The Morgan fingerprint density at radius 2 is 2.44 bits per heavy atom. The Kier molecular flexibility index (Phi) is 1.62. The lowest BCUT2D eigenvalue weighted by atomic mass is 10.5. The van der Waals surface area contributed by atoms with Gasteiger partial charge in [0, 0.05) is 6.42 Å². The summed E-state index contributed by atoms with van der Waals surface area (Å²) < 4.78 is 0. The molecule has 0 aliphatic carbocycles. The molecule has 3 nitrogen and oxygen atoms in total. The first-order valence-electron chi connectivity index (χ1n) is 2.74. The lowest BCUT2D eigenvalue weighted by molar-refractivity contribution is 0.991. The SMILES string of the molecule is CCc1nc(N)c(Cl)[nH]1. The number of rotatable bonds is 1. The van der Waals surface area contributed by atoms with E-state index in [1.165, 1.54) is 0 Å². The molecule has 0 spiro atoms. The van der Waals surface area contributed by atoms with Gasteiger partial charge in [0.05, 0.1) is 0 Å². The van der Waals surface area contributed by atoms with E-state index in [9.17, 15) is 0 Å². The molecule has 0 saturated carbocycles. The summed E-state index contributed by atoms with van der Waals surface area (Å²) in [6.45, 7) is 1.98. The van der Waals surface area contributed by atoms with Crippen molar-refractivity contribution in [3.8, 4) is 0 Å². The lowest BCUT2D eigenvalue weighted by Gasteiger charge is -1.80. The number of nitrogen functional groups attached to an aromatic ring is 1. The normalized spacial score (nSPS) is 10.0. The van der Waals surface area contributed by atoms with Crippen molar-refractivity contribution in [3.05, 3.63) is 11.0 Å². The van der Waals surface area contributed by atoms with Crippen LogP contribution in [0.1, 0.15) is 12.7 Å². The summed E-state index contributed by atoms with van der Waals surface area (Å²) in [5.74, 6) is 1.21. The van der Waals surface area contributed by atoms with Crippen LogP contribution < -0.4 is 5.73 Å². The Morgan fingerprint density at radius 3 is 2.67 bits per heavy atom. The van der Waals surface area contributed by atoms with Crippen molar-refractivity contribution in [2.75, 3.05) is 5.73 Å². The maximum absolute atomic E-state index is 5.57. The molecule has 0 aromatic carbocycles. The van der Waals surface area contributed by atoms with E-state index in [0.717, 1.165) is 12.2 Å². The highest BCUT2D eigenvalue weighted by Crippen LogP contribution is 2.13. The zero-order valence-electron chi connectivity index (χ0n) is 5.11. The molecule has 0 amide bonds. The fourth-order valence-electron chi connectivity index (χ4n) is 0.581. The fraction of sp³-hybridized carbons (Fsp3) is 0.400. The van der Waals surface area contributed by atoms with Crippen molar-refractivity contribution < 1.29 is 0 Å². The number of aryl methyl sites for hydroxylation is 1. The predicted molar refractivity (Wildman–Crippen MR) is 37.4 cm³/mol. The van der Waals surface area contributed by atoms with Crippen LogP contribution in [0.25, 0.3) is 0 Å². The molecule has 0 fully saturated rings. The zero-order valence-corrected chi connectivity index (χ0v) is 5.87. The number of aromatic nitrogens is 2. The molecule has 9 heavy (non-hydrogen) atoms. The summed E-state index contributed by atoms with van der Waals surface area (Å²) in [6, 6.07) is 0. The number of imidazole rings is 1. The lowest BCUT2D eigenvalue weighted by Crippen LogP contribution is -1.85. The molecule has 1 heterocycles. The maximum atomic E-state index is 5.57. The molecular weight excluding hydrogens is 138 g/mol. The molecule has 3 N–H and O–H groups in total. The van der Waals surface area contributed by atoms with Gasteiger partial charge in [0.2, 0.25) is 0 Å². The second kappa shape index (κ2) is 2.27. The van der Waals surface area contributed by atoms with E-state index in [0.29, 0.717) is 11.0 Å². The smallest absolute Gasteiger partial charge is 0.161 e. The van der Waals surface area contributed by atoms with Gasteiger partial charge in [-0.1, -0.05) is 18.5 Å². The summed E-state index contributed by atoms with van der Waals surface area (Å²) in [4.78, 5) is 6.74. The van der Waals surface area contributed by atoms with Crippen LogP contribution in [0, 0.1) is 0 Å². The summed E-state index contributed by atoms with van der Waals surface area (Å²) >= 11 is 5.57. The van der Waals surface area contributed by atoms with Gasteiger partial charge in [0.1, 0.15) is 11.0 Å². The van der Waals surface area contributed by atoms with Crippen LogP contribution in [0.4, 0.5) is 5.82 Å². The van der Waals surface area contributed by atoms with Crippen molar-refractivity contribution in [2.45, 2.75) is 13.3 Å². The number of H-pyrrole nitrogens is 1. The van der Waals surface area contributed by atoms with Crippen LogP contribution in [0.3, 0.4) is 0 Å². The molecule has 0 radical (unpaired) electrons. The van der Waals surface area contributed by atoms with E-state index >= 15 is 0 Å². The first-order chi connectivity index (χ1) is 4.24. The van der Waals surface area contributed by atoms with Gasteiger partial charge in [0.15, 0.2) is 5.82 Å². The minimum Gasteiger partial charge on any atom is -0.381 e. The van der Waals surface area contributed by atoms with Crippen LogP contribution in [0.2, 0.25) is 5.15 Å². The van der Waals surface area contributed by atoms with Gasteiger partial charge in [0.25, 0.3) is 0 Å². The van der Waals surface area contributed by atoms with E-state index in [1.807, 2.05) is 6.92 Å².